The number of rotatable bonds is 7. The van der Waals surface area contributed by atoms with Crippen LogP contribution in [0.25, 0.3) is 0 Å². The van der Waals surface area contributed by atoms with Gasteiger partial charge >= 0.3 is 17.9 Å². The van der Waals surface area contributed by atoms with Gasteiger partial charge < -0.3 is 20.6 Å². The Morgan fingerprint density at radius 3 is 2.14 bits per heavy atom. The predicted octanol–water partition coefficient (Wildman–Crippen LogP) is -0.0565. The molecule has 0 aliphatic heterocycles. The van der Waals surface area contributed by atoms with Gasteiger partial charge in [-0.25, -0.2) is 4.79 Å². The number of carboxylic acid groups (broad SMARTS) is 3. The van der Waals surface area contributed by atoms with Crippen molar-refractivity contribution in [1.82, 2.24) is 5.32 Å². The van der Waals surface area contributed by atoms with E-state index in [1.807, 2.05) is 0 Å². The minimum absolute atomic E-state index is 0.208. The summed E-state index contributed by atoms with van der Waals surface area (Å²) < 4.78 is 0. The highest BCUT2D eigenvalue weighted by Gasteiger charge is 2.52. The van der Waals surface area contributed by atoms with Crippen molar-refractivity contribution >= 4 is 23.8 Å². The van der Waals surface area contributed by atoms with E-state index in [0.717, 1.165) is 0 Å². The second-order valence-corrected chi connectivity index (χ2v) is 5.67. The SMILES string of the molecule is O=C(O)CC[C@H](NC(=O)[C@@H]1[C@@H](C(=O)O)[C@H]2C=C[C@H]1C2)C(=O)O. The highest BCUT2D eigenvalue weighted by Crippen LogP contribution is 2.48. The van der Waals surface area contributed by atoms with Gasteiger partial charge in [0, 0.05) is 6.42 Å². The number of amides is 1. The molecule has 0 radical (unpaired) electrons. The highest BCUT2D eigenvalue weighted by atomic mass is 16.4. The maximum atomic E-state index is 12.3. The molecule has 0 saturated heterocycles. The number of hydrogen-bond donors (Lipinski definition) is 4. The Balaban J connectivity index is 2.06. The van der Waals surface area contributed by atoms with Crippen molar-refractivity contribution in [3.8, 4) is 0 Å². The fourth-order valence-electron chi connectivity index (χ4n) is 3.31. The van der Waals surface area contributed by atoms with Gasteiger partial charge in [-0.15, -0.1) is 0 Å². The molecule has 1 amide bonds. The smallest absolute Gasteiger partial charge is 0.326 e. The van der Waals surface area contributed by atoms with Crippen molar-refractivity contribution in [3.63, 3.8) is 0 Å². The quantitative estimate of drug-likeness (QED) is 0.483. The molecule has 2 aliphatic rings. The van der Waals surface area contributed by atoms with Gasteiger partial charge in [-0.05, 0) is 24.7 Å². The summed E-state index contributed by atoms with van der Waals surface area (Å²) in [6, 6.07) is -1.33. The number of carbonyl (C=O) groups excluding carboxylic acids is 1. The van der Waals surface area contributed by atoms with Crippen LogP contribution in [0, 0.1) is 23.7 Å². The monoisotopic (exact) mass is 311 g/mol. The molecular formula is C14H17NO7. The molecule has 22 heavy (non-hydrogen) atoms. The van der Waals surface area contributed by atoms with E-state index in [-0.39, 0.29) is 18.3 Å². The molecule has 0 heterocycles. The van der Waals surface area contributed by atoms with E-state index in [1.165, 1.54) is 0 Å². The van der Waals surface area contributed by atoms with Crippen LogP contribution < -0.4 is 5.32 Å². The molecule has 0 aromatic carbocycles. The van der Waals surface area contributed by atoms with Crippen LogP contribution in [-0.2, 0) is 19.2 Å². The van der Waals surface area contributed by atoms with Crippen LogP contribution in [0.3, 0.4) is 0 Å². The van der Waals surface area contributed by atoms with Crippen LogP contribution in [0.4, 0.5) is 0 Å². The van der Waals surface area contributed by atoms with Crippen molar-refractivity contribution in [3.05, 3.63) is 12.2 Å². The summed E-state index contributed by atoms with van der Waals surface area (Å²) in [6.07, 6.45) is 3.51. The Bertz CT molecular complexity index is 541. The van der Waals surface area contributed by atoms with E-state index in [2.05, 4.69) is 5.32 Å². The number of fused-ring (bicyclic) bond motifs is 2. The van der Waals surface area contributed by atoms with Gasteiger partial charge in [0.1, 0.15) is 6.04 Å². The molecule has 8 heteroatoms. The fourth-order valence-corrected chi connectivity index (χ4v) is 3.31. The Kier molecular flexibility index (Phi) is 4.48. The maximum absolute atomic E-state index is 12.3. The van der Waals surface area contributed by atoms with Crippen LogP contribution >= 0.6 is 0 Å². The zero-order valence-corrected chi connectivity index (χ0v) is 11.6. The maximum Gasteiger partial charge on any atom is 0.326 e. The summed E-state index contributed by atoms with van der Waals surface area (Å²) >= 11 is 0. The minimum Gasteiger partial charge on any atom is -0.481 e. The molecule has 120 valence electrons. The van der Waals surface area contributed by atoms with Gasteiger partial charge in [0.15, 0.2) is 0 Å². The van der Waals surface area contributed by atoms with Crippen molar-refractivity contribution in [2.45, 2.75) is 25.3 Å². The number of carbonyl (C=O) groups is 4. The third kappa shape index (κ3) is 3.10. The molecule has 8 nitrogen and oxygen atoms in total. The molecule has 2 rings (SSSR count). The van der Waals surface area contributed by atoms with Crippen molar-refractivity contribution in [2.24, 2.45) is 23.7 Å². The Morgan fingerprint density at radius 2 is 1.64 bits per heavy atom. The average Bonchev–Trinajstić information content (AvgIpc) is 3.02. The first-order chi connectivity index (χ1) is 10.3. The van der Waals surface area contributed by atoms with Gasteiger partial charge in [0.25, 0.3) is 0 Å². The molecule has 0 aromatic heterocycles. The highest BCUT2D eigenvalue weighted by molar-refractivity contribution is 5.90. The number of allylic oxidation sites excluding steroid dienone is 2. The molecule has 1 fully saturated rings. The van der Waals surface area contributed by atoms with Gasteiger partial charge in [0.05, 0.1) is 11.8 Å². The summed E-state index contributed by atoms with van der Waals surface area (Å²) in [5, 5.41) is 29.2. The van der Waals surface area contributed by atoms with Crippen LogP contribution in [0.15, 0.2) is 12.2 Å². The Labute approximate surface area is 125 Å². The average molecular weight is 311 g/mol. The number of nitrogens with one attached hydrogen (secondary N) is 1. The Morgan fingerprint density at radius 1 is 1.05 bits per heavy atom. The molecule has 4 N–H and O–H groups in total. The van der Waals surface area contributed by atoms with Gasteiger partial charge in [0.2, 0.25) is 5.91 Å². The summed E-state index contributed by atoms with van der Waals surface area (Å²) in [4.78, 5) is 45.2. The van der Waals surface area contributed by atoms with Crippen LogP contribution in [-0.4, -0.2) is 45.2 Å². The lowest BCUT2D eigenvalue weighted by molar-refractivity contribution is -0.149. The molecular weight excluding hydrogens is 294 g/mol. The molecule has 5 atom stereocenters. The fraction of sp³-hybridized carbons (Fsp3) is 0.571. The molecule has 0 spiro atoms. The van der Waals surface area contributed by atoms with E-state index in [9.17, 15) is 24.3 Å². The van der Waals surface area contributed by atoms with Crippen LogP contribution in [0.5, 0.6) is 0 Å². The van der Waals surface area contributed by atoms with Gasteiger partial charge in [-0.3, -0.25) is 14.4 Å². The van der Waals surface area contributed by atoms with Crippen LogP contribution in [0.2, 0.25) is 0 Å². The van der Waals surface area contributed by atoms with Crippen molar-refractivity contribution in [1.29, 1.82) is 0 Å². The molecule has 0 unspecified atom stereocenters. The normalized spacial score (nSPS) is 30.0. The first-order valence-corrected chi connectivity index (χ1v) is 6.97. The summed E-state index contributed by atoms with van der Waals surface area (Å²) in [7, 11) is 0. The third-order valence-corrected chi connectivity index (χ3v) is 4.31. The number of aliphatic carboxylic acids is 3. The summed E-state index contributed by atoms with van der Waals surface area (Å²) in [5.41, 5.74) is 0. The second-order valence-electron chi connectivity index (χ2n) is 5.67. The summed E-state index contributed by atoms with van der Waals surface area (Å²) in [6.45, 7) is 0. The van der Waals surface area contributed by atoms with E-state index >= 15 is 0 Å². The zero-order valence-electron chi connectivity index (χ0n) is 11.6. The Hall–Kier alpha value is -2.38. The first kappa shape index (κ1) is 16.0. The molecule has 2 bridgehead atoms. The van der Waals surface area contributed by atoms with Gasteiger partial charge in [-0.1, -0.05) is 12.2 Å². The standard InChI is InChI=1S/C14H17NO7/c16-9(17)4-3-8(13(19)20)15-12(18)10-6-1-2-7(5-6)11(10)14(21)22/h1-2,6-8,10-11H,3-5H2,(H,15,18)(H,16,17)(H,19,20)(H,21,22)/t6-,7-,8-,10-,11-/m0/s1. The molecule has 2 aliphatic carbocycles. The zero-order chi connectivity index (χ0) is 16.4. The van der Waals surface area contributed by atoms with Crippen molar-refractivity contribution < 1.29 is 34.5 Å². The van der Waals surface area contributed by atoms with E-state index in [1.54, 1.807) is 12.2 Å². The lowest BCUT2D eigenvalue weighted by atomic mass is 9.82. The minimum atomic E-state index is -1.33. The third-order valence-electron chi connectivity index (χ3n) is 4.31. The largest absolute Gasteiger partial charge is 0.481 e. The molecule has 0 aromatic rings. The van der Waals surface area contributed by atoms with Crippen molar-refractivity contribution in [2.75, 3.05) is 0 Å². The first-order valence-electron chi connectivity index (χ1n) is 6.97. The number of carboxylic acids is 3. The lowest BCUT2D eigenvalue weighted by Gasteiger charge is -2.25. The van der Waals surface area contributed by atoms with E-state index in [0.29, 0.717) is 6.42 Å². The summed E-state index contributed by atoms with van der Waals surface area (Å²) in [5.74, 6) is -6.29. The molecule has 1 saturated carbocycles. The number of hydrogen-bond acceptors (Lipinski definition) is 4. The van der Waals surface area contributed by atoms with E-state index < -0.39 is 48.1 Å². The van der Waals surface area contributed by atoms with Crippen LogP contribution in [0.1, 0.15) is 19.3 Å². The predicted molar refractivity (Wildman–Crippen MR) is 71.8 cm³/mol. The van der Waals surface area contributed by atoms with E-state index in [4.69, 9.17) is 10.2 Å². The lowest BCUT2D eigenvalue weighted by Crippen LogP contribution is -2.47. The second kappa shape index (κ2) is 6.17. The van der Waals surface area contributed by atoms with Gasteiger partial charge in [-0.2, -0.15) is 0 Å². The topological polar surface area (TPSA) is 141 Å².